The van der Waals surface area contributed by atoms with Crippen LogP contribution in [-0.4, -0.2) is 41.1 Å². The second-order valence-electron chi connectivity index (χ2n) is 6.67. The first-order chi connectivity index (χ1) is 12.7. The number of ether oxygens (including phenoxy) is 1. The Morgan fingerprint density at radius 2 is 2.04 bits per heavy atom. The summed E-state index contributed by atoms with van der Waals surface area (Å²) in [6.07, 6.45) is 3.87. The molecule has 2 aromatic rings. The molecule has 2 amide bonds. The zero-order chi connectivity index (χ0) is 17.9. The molecule has 1 aromatic carbocycles. The van der Waals surface area contributed by atoms with Crippen molar-refractivity contribution in [3.8, 4) is 0 Å². The second kappa shape index (κ2) is 7.29. The van der Waals surface area contributed by atoms with Gasteiger partial charge in [0.05, 0.1) is 12.3 Å². The van der Waals surface area contributed by atoms with Gasteiger partial charge >= 0.3 is 0 Å². The lowest BCUT2D eigenvalue weighted by Crippen LogP contribution is -2.54. The quantitative estimate of drug-likeness (QED) is 0.906. The minimum Gasteiger partial charge on any atom is -0.369 e. The fourth-order valence-electron chi connectivity index (χ4n) is 3.48. The standard InChI is InChI=1S/C19H21N3O4/c23-17-12-25-11-16(22(17)10-13-6-2-1-3-7-13)18(24)20-19-14-8-4-5-9-15(14)21-26-19/h1-3,6-7,16H,4-5,8-12H2,(H,20,24). The Labute approximate surface area is 151 Å². The topological polar surface area (TPSA) is 84.7 Å². The minimum absolute atomic E-state index is 0.00564. The van der Waals surface area contributed by atoms with Gasteiger partial charge < -0.3 is 14.2 Å². The Hall–Kier alpha value is -2.67. The van der Waals surface area contributed by atoms with Gasteiger partial charge in [-0.25, -0.2) is 0 Å². The number of amides is 2. The summed E-state index contributed by atoms with van der Waals surface area (Å²) in [5.41, 5.74) is 2.86. The monoisotopic (exact) mass is 355 g/mol. The summed E-state index contributed by atoms with van der Waals surface area (Å²) in [6, 6.07) is 8.92. The number of anilines is 1. The number of carbonyl (C=O) groups is 2. The van der Waals surface area contributed by atoms with E-state index in [4.69, 9.17) is 9.26 Å². The van der Waals surface area contributed by atoms with E-state index in [0.717, 1.165) is 42.5 Å². The van der Waals surface area contributed by atoms with E-state index in [1.54, 1.807) is 4.90 Å². The van der Waals surface area contributed by atoms with Crippen molar-refractivity contribution in [1.82, 2.24) is 10.1 Å². The summed E-state index contributed by atoms with van der Waals surface area (Å²) < 4.78 is 10.7. The molecule has 1 unspecified atom stereocenters. The summed E-state index contributed by atoms with van der Waals surface area (Å²) in [7, 11) is 0. The maximum absolute atomic E-state index is 12.8. The van der Waals surface area contributed by atoms with Gasteiger partial charge in [0.1, 0.15) is 12.6 Å². The van der Waals surface area contributed by atoms with Gasteiger partial charge in [-0.05, 0) is 31.2 Å². The van der Waals surface area contributed by atoms with Crippen molar-refractivity contribution < 1.29 is 18.8 Å². The van der Waals surface area contributed by atoms with Gasteiger partial charge in [-0.1, -0.05) is 35.5 Å². The number of morpholine rings is 1. The Morgan fingerprint density at radius 1 is 1.23 bits per heavy atom. The number of aryl methyl sites for hydroxylation is 1. The molecule has 0 saturated carbocycles. The molecule has 1 aliphatic carbocycles. The van der Waals surface area contributed by atoms with Gasteiger partial charge in [0, 0.05) is 12.1 Å². The summed E-state index contributed by atoms with van der Waals surface area (Å²) >= 11 is 0. The molecule has 0 bridgehead atoms. The third kappa shape index (κ3) is 3.35. The predicted octanol–water partition coefficient (Wildman–Crippen LogP) is 1.92. The lowest BCUT2D eigenvalue weighted by molar-refractivity contribution is -0.154. The van der Waals surface area contributed by atoms with E-state index in [9.17, 15) is 9.59 Å². The molecule has 4 rings (SSSR count). The SMILES string of the molecule is O=C(Nc1onc2c1CCCC2)C1COCC(=O)N1Cc1ccccc1. The van der Waals surface area contributed by atoms with Crippen molar-refractivity contribution >= 4 is 17.7 Å². The first-order valence-corrected chi connectivity index (χ1v) is 8.92. The van der Waals surface area contributed by atoms with Crippen LogP contribution in [0.3, 0.4) is 0 Å². The third-order valence-corrected chi connectivity index (χ3v) is 4.89. The Bertz CT molecular complexity index is 802. The molecule has 1 saturated heterocycles. The molecule has 1 N–H and O–H groups in total. The molecule has 136 valence electrons. The van der Waals surface area contributed by atoms with Crippen molar-refractivity contribution in [2.45, 2.75) is 38.3 Å². The zero-order valence-electron chi connectivity index (χ0n) is 14.4. The molecule has 2 aliphatic rings. The molecular weight excluding hydrogens is 334 g/mol. The zero-order valence-corrected chi connectivity index (χ0v) is 14.4. The van der Waals surface area contributed by atoms with E-state index in [1.165, 1.54) is 0 Å². The third-order valence-electron chi connectivity index (χ3n) is 4.89. The number of hydrogen-bond donors (Lipinski definition) is 1. The minimum atomic E-state index is -0.694. The molecule has 2 heterocycles. The number of nitrogens with one attached hydrogen (secondary N) is 1. The number of aromatic nitrogens is 1. The molecule has 26 heavy (non-hydrogen) atoms. The van der Waals surface area contributed by atoms with Crippen LogP contribution in [0.2, 0.25) is 0 Å². The highest BCUT2D eigenvalue weighted by Crippen LogP contribution is 2.28. The molecule has 1 aromatic heterocycles. The molecular formula is C19H21N3O4. The van der Waals surface area contributed by atoms with Crippen LogP contribution in [0.15, 0.2) is 34.9 Å². The average Bonchev–Trinajstić information content (AvgIpc) is 3.07. The van der Waals surface area contributed by atoms with Gasteiger partial charge in [-0.15, -0.1) is 0 Å². The van der Waals surface area contributed by atoms with E-state index in [0.29, 0.717) is 12.4 Å². The van der Waals surface area contributed by atoms with Crippen molar-refractivity contribution in [2.24, 2.45) is 0 Å². The van der Waals surface area contributed by atoms with Crippen LogP contribution in [0.5, 0.6) is 0 Å². The first-order valence-electron chi connectivity index (χ1n) is 8.92. The van der Waals surface area contributed by atoms with Crippen LogP contribution in [0.25, 0.3) is 0 Å². The highest BCUT2D eigenvalue weighted by atomic mass is 16.5. The maximum Gasteiger partial charge on any atom is 0.251 e. The normalized spacial score (nSPS) is 19.9. The molecule has 7 nitrogen and oxygen atoms in total. The number of rotatable bonds is 4. The Morgan fingerprint density at radius 3 is 2.88 bits per heavy atom. The lowest BCUT2D eigenvalue weighted by Gasteiger charge is -2.34. The fraction of sp³-hybridized carbons (Fsp3) is 0.421. The van der Waals surface area contributed by atoms with Gasteiger partial charge in [0.25, 0.3) is 5.91 Å². The van der Waals surface area contributed by atoms with Crippen LogP contribution >= 0.6 is 0 Å². The fourth-order valence-corrected chi connectivity index (χ4v) is 3.48. The van der Waals surface area contributed by atoms with Crippen molar-refractivity contribution in [3.63, 3.8) is 0 Å². The van der Waals surface area contributed by atoms with E-state index < -0.39 is 6.04 Å². The number of nitrogens with zero attached hydrogens (tertiary/aromatic N) is 2. The van der Waals surface area contributed by atoms with E-state index in [1.807, 2.05) is 30.3 Å². The summed E-state index contributed by atoms with van der Waals surface area (Å²) in [5.74, 6) is -0.0965. The molecule has 1 fully saturated rings. The average molecular weight is 355 g/mol. The largest absolute Gasteiger partial charge is 0.369 e. The van der Waals surface area contributed by atoms with Crippen molar-refractivity contribution in [2.75, 3.05) is 18.5 Å². The highest BCUT2D eigenvalue weighted by molar-refractivity contribution is 5.97. The molecule has 0 radical (unpaired) electrons. The van der Waals surface area contributed by atoms with Gasteiger partial charge in [-0.3, -0.25) is 14.9 Å². The second-order valence-corrected chi connectivity index (χ2v) is 6.67. The molecule has 1 atom stereocenters. The number of fused-ring (bicyclic) bond motifs is 1. The molecule has 7 heteroatoms. The lowest BCUT2D eigenvalue weighted by atomic mass is 9.97. The van der Waals surface area contributed by atoms with Crippen molar-refractivity contribution in [1.29, 1.82) is 0 Å². The summed E-state index contributed by atoms with van der Waals surface area (Å²) in [5, 5.41) is 6.87. The smallest absolute Gasteiger partial charge is 0.251 e. The Balaban J connectivity index is 1.51. The van der Waals surface area contributed by atoms with Crippen molar-refractivity contribution in [3.05, 3.63) is 47.2 Å². The number of carbonyl (C=O) groups excluding carboxylic acids is 2. The molecule has 1 aliphatic heterocycles. The predicted molar refractivity (Wildman–Crippen MR) is 93.4 cm³/mol. The summed E-state index contributed by atoms with van der Waals surface area (Å²) in [4.78, 5) is 26.7. The van der Waals surface area contributed by atoms with Crippen LogP contribution in [0.4, 0.5) is 5.88 Å². The molecule has 0 spiro atoms. The van der Waals surface area contributed by atoms with E-state index in [-0.39, 0.29) is 25.0 Å². The van der Waals surface area contributed by atoms with E-state index >= 15 is 0 Å². The highest BCUT2D eigenvalue weighted by Gasteiger charge is 2.35. The van der Waals surface area contributed by atoms with Gasteiger partial charge in [0.2, 0.25) is 11.8 Å². The Kier molecular flexibility index (Phi) is 4.71. The van der Waals surface area contributed by atoms with Gasteiger partial charge in [0.15, 0.2) is 0 Å². The first kappa shape index (κ1) is 16.8. The maximum atomic E-state index is 12.8. The van der Waals surface area contributed by atoms with Crippen LogP contribution < -0.4 is 5.32 Å². The number of hydrogen-bond acceptors (Lipinski definition) is 5. The van der Waals surface area contributed by atoms with E-state index in [2.05, 4.69) is 10.5 Å². The number of benzene rings is 1. The van der Waals surface area contributed by atoms with Crippen LogP contribution in [-0.2, 0) is 33.7 Å². The van der Waals surface area contributed by atoms with Crippen LogP contribution in [0, 0.1) is 0 Å². The van der Waals surface area contributed by atoms with Crippen LogP contribution in [0.1, 0.15) is 29.7 Å². The van der Waals surface area contributed by atoms with Gasteiger partial charge in [-0.2, -0.15) is 0 Å². The summed E-state index contributed by atoms with van der Waals surface area (Å²) in [6.45, 7) is 0.532.